The number of sulfonamides is 1. The summed E-state index contributed by atoms with van der Waals surface area (Å²) < 4.78 is 42.3. The van der Waals surface area contributed by atoms with Gasteiger partial charge in [0, 0.05) is 29.4 Å². The third-order valence-electron chi connectivity index (χ3n) is 12.6. The maximum absolute atomic E-state index is 14.8. The first kappa shape index (κ1) is 39.9. The molecule has 2 aromatic heterocycles. The lowest BCUT2D eigenvalue weighted by molar-refractivity contribution is -0.141. The highest BCUT2D eigenvalue weighted by molar-refractivity contribution is 7.91. The number of carbonyl (C=O) groups excluding carboxylic acids is 4. The second kappa shape index (κ2) is 16.2. The summed E-state index contributed by atoms with van der Waals surface area (Å²) in [5.74, 6) is -1.94. The Kier molecular flexibility index (Phi) is 10.8. The number of hydrogen-bond donors (Lipinski definition) is 3. The van der Waals surface area contributed by atoms with Gasteiger partial charge >= 0.3 is 6.09 Å². The van der Waals surface area contributed by atoms with E-state index in [-0.39, 0.29) is 25.5 Å². The Morgan fingerprint density at radius 3 is 2.50 bits per heavy atom. The van der Waals surface area contributed by atoms with E-state index in [0.717, 1.165) is 60.6 Å². The monoisotopic (exact) mass is 837 g/mol. The topological polar surface area (TPSA) is 190 Å². The normalized spacial score (nSPS) is 26.4. The number of benzene rings is 2. The molecule has 0 unspecified atom stereocenters. The van der Waals surface area contributed by atoms with Crippen LogP contribution in [0.2, 0.25) is 0 Å². The number of hydrogen-bond acceptors (Lipinski definition) is 10. The fourth-order valence-corrected chi connectivity index (χ4v) is 10.3. The first-order chi connectivity index (χ1) is 29.0. The number of aryl methyl sites for hydroxylation is 1. The molecule has 0 spiro atoms. The van der Waals surface area contributed by atoms with E-state index in [9.17, 15) is 27.6 Å². The van der Waals surface area contributed by atoms with Crippen LogP contribution in [0.3, 0.4) is 0 Å². The Morgan fingerprint density at radius 1 is 0.933 bits per heavy atom. The van der Waals surface area contributed by atoms with E-state index in [4.69, 9.17) is 19.6 Å². The number of ether oxygens (including phenoxy) is 2. The molecule has 5 atom stereocenters. The van der Waals surface area contributed by atoms with Crippen molar-refractivity contribution in [2.24, 2.45) is 5.92 Å². The SMILES string of the molecule is Cc1ccc2c(c1)nn1c(O[C@@H]3C[C@H]4C(=O)N[C@]5(C(=O)NS(=O)(=O)C6CC6)C[C@H]5C=CCCCCC[C@H](NC(=O)OC5CCCC5)C(=O)N4C3)cc(-c3ccccc3)nc21. The molecule has 2 aliphatic heterocycles. The molecule has 0 radical (unpaired) electrons. The van der Waals surface area contributed by atoms with Gasteiger partial charge in [-0.15, -0.1) is 0 Å². The zero-order valence-corrected chi connectivity index (χ0v) is 34.5. The van der Waals surface area contributed by atoms with Gasteiger partial charge in [0.2, 0.25) is 27.7 Å². The van der Waals surface area contributed by atoms with Crippen LogP contribution in [0, 0.1) is 12.8 Å². The van der Waals surface area contributed by atoms with E-state index in [1.165, 1.54) is 4.90 Å². The van der Waals surface area contributed by atoms with Crippen molar-refractivity contribution in [3.63, 3.8) is 0 Å². The van der Waals surface area contributed by atoms with Crippen molar-refractivity contribution >= 4 is 50.4 Å². The quantitative estimate of drug-likeness (QED) is 0.198. The number of allylic oxidation sites excluding steroid dienone is 1. The van der Waals surface area contributed by atoms with Gasteiger partial charge < -0.3 is 25.0 Å². The number of alkyl carbamates (subject to hydrolysis) is 1. The standard InChI is InChI=1S/C44H51N7O8S/c1-27-18-21-33-36(22-27)48-51-38(24-35(45-39(33)51)28-12-6-5-7-13-28)58-31-23-37-40(52)47-44(42(54)49-60(56,57)32-19-20-32)25-29(44)14-8-3-2-4-9-17-34(41(53)50(37)26-31)46-43(55)59-30-15-10-11-16-30/h5-8,12-14,18,21-22,24,29-32,34,37H,2-4,9-11,15-17,19-20,23,25-26H2,1H3,(H,46,55)(H,47,52)(H,49,54)/t29-,31-,34+,37+,44-/m1/s1. The molecular formula is C44H51N7O8S. The predicted molar refractivity (Wildman–Crippen MR) is 222 cm³/mol. The van der Waals surface area contributed by atoms with Crippen molar-refractivity contribution in [3.05, 3.63) is 72.3 Å². The van der Waals surface area contributed by atoms with Crippen LogP contribution in [0.5, 0.6) is 5.88 Å². The van der Waals surface area contributed by atoms with E-state index < -0.39 is 68.7 Å². The average Bonchev–Trinajstić information content (AvgIpc) is 4.04. The average molecular weight is 838 g/mol. The molecule has 2 aromatic carbocycles. The summed E-state index contributed by atoms with van der Waals surface area (Å²) in [6.07, 6.45) is 10.1. The molecule has 3 aliphatic carbocycles. The van der Waals surface area contributed by atoms with Crippen molar-refractivity contribution in [2.45, 2.75) is 125 Å². The van der Waals surface area contributed by atoms with Gasteiger partial charge in [0.15, 0.2) is 5.65 Å². The summed E-state index contributed by atoms with van der Waals surface area (Å²) in [6.45, 7) is 1.97. The molecular weight excluding hydrogens is 787 g/mol. The molecule has 5 aliphatic rings. The van der Waals surface area contributed by atoms with Gasteiger partial charge in [0.25, 0.3) is 5.91 Å². The lowest BCUT2D eigenvalue weighted by Crippen LogP contribution is -2.58. The van der Waals surface area contributed by atoms with Gasteiger partial charge in [-0.2, -0.15) is 9.61 Å². The number of carbonyl (C=O) groups is 4. The Labute approximate surface area is 348 Å². The third kappa shape index (κ3) is 8.17. The van der Waals surface area contributed by atoms with Crippen LogP contribution in [-0.4, -0.2) is 93.4 Å². The number of aromatic nitrogens is 3. The lowest BCUT2D eigenvalue weighted by atomic mass is 10.0. The Balaban J connectivity index is 1.06. The summed E-state index contributed by atoms with van der Waals surface area (Å²) in [5.41, 5.74) is 2.33. The van der Waals surface area contributed by atoms with Crippen LogP contribution in [-0.2, 0) is 29.1 Å². The summed E-state index contributed by atoms with van der Waals surface area (Å²) in [7, 11) is -3.91. The molecule has 4 heterocycles. The summed E-state index contributed by atoms with van der Waals surface area (Å²) >= 11 is 0. The highest BCUT2D eigenvalue weighted by Crippen LogP contribution is 2.46. The molecule has 4 aromatic rings. The highest BCUT2D eigenvalue weighted by Gasteiger charge is 2.62. The van der Waals surface area contributed by atoms with Gasteiger partial charge in [-0.05, 0) is 88.8 Å². The van der Waals surface area contributed by atoms with Crippen molar-refractivity contribution < 1.29 is 37.1 Å². The molecule has 60 heavy (non-hydrogen) atoms. The zero-order valence-electron chi connectivity index (χ0n) is 33.7. The summed E-state index contributed by atoms with van der Waals surface area (Å²) in [6, 6.07) is 15.3. The molecule has 316 valence electrons. The maximum atomic E-state index is 14.8. The Hall–Kier alpha value is -5.51. The molecule has 4 amide bonds. The smallest absolute Gasteiger partial charge is 0.408 e. The van der Waals surface area contributed by atoms with Crippen molar-refractivity contribution in [2.75, 3.05) is 6.54 Å². The number of fused-ring (bicyclic) bond motifs is 5. The molecule has 9 rings (SSSR count). The van der Waals surface area contributed by atoms with Crippen molar-refractivity contribution in [1.82, 2.24) is 34.9 Å². The van der Waals surface area contributed by atoms with Crippen LogP contribution in [0.1, 0.15) is 89.0 Å². The minimum atomic E-state index is -3.91. The van der Waals surface area contributed by atoms with E-state index in [1.54, 1.807) is 10.6 Å². The number of rotatable bonds is 8. The predicted octanol–water partition coefficient (Wildman–Crippen LogP) is 5.25. The van der Waals surface area contributed by atoms with Gasteiger partial charge in [-0.25, -0.2) is 18.2 Å². The van der Waals surface area contributed by atoms with E-state index in [1.807, 2.05) is 67.6 Å². The number of amides is 4. The number of nitrogens with one attached hydrogen (secondary N) is 3. The van der Waals surface area contributed by atoms with Crippen LogP contribution >= 0.6 is 0 Å². The summed E-state index contributed by atoms with van der Waals surface area (Å²) in [4.78, 5) is 63.0. The van der Waals surface area contributed by atoms with Crippen LogP contribution in [0.15, 0.2) is 66.7 Å². The first-order valence-electron chi connectivity index (χ1n) is 21.3. The van der Waals surface area contributed by atoms with Crippen LogP contribution in [0.4, 0.5) is 4.79 Å². The highest BCUT2D eigenvalue weighted by atomic mass is 32.2. The lowest BCUT2D eigenvalue weighted by Gasteiger charge is -2.30. The van der Waals surface area contributed by atoms with Gasteiger partial charge in [-0.3, -0.25) is 19.1 Å². The molecule has 0 bridgehead atoms. The fourth-order valence-electron chi connectivity index (χ4n) is 8.96. The zero-order chi connectivity index (χ0) is 41.6. The minimum Gasteiger partial charge on any atom is -0.472 e. The second-order valence-electron chi connectivity index (χ2n) is 17.1. The van der Waals surface area contributed by atoms with E-state index in [2.05, 4.69) is 15.4 Å². The van der Waals surface area contributed by atoms with E-state index >= 15 is 0 Å². The fraction of sp³-hybridized carbons (Fsp3) is 0.500. The molecule has 1 saturated heterocycles. The number of nitrogens with zero attached hydrogens (tertiary/aromatic N) is 4. The Bertz CT molecular complexity index is 2460. The van der Waals surface area contributed by atoms with Gasteiger partial charge in [0.1, 0.15) is 29.8 Å². The molecule has 15 nitrogen and oxygen atoms in total. The van der Waals surface area contributed by atoms with Crippen molar-refractivity contribution in [3.8, 4) is 17.1 Å². The van der Waals surface area contributed by atoms with Crippen molar-refractivity contribution in [1.29, 1.82) is 0 Å². The second-order valence-corrected chi connectivity index (χ2v) is 19.1. The molecule has 16 heteroatoms. The minimum absolute atomic E-state index is 0.0181. The van der Waals surface area contributed by atoms with Crippen LogP contribution < -0.4 is 20.1 Å². The maximum Gasteiger partial charge on any atom is 0.408 e. The Morgan fingerprint density at radius 2 is 1.72 bits per heavy atom. The summed E-state index contributed by atoms with van der Waals surface area (Å²) in [5, 5.41) is 10.8. The largest absolute Gasteiger partial charge is 0.472 e. The third-order valence-corrected chi connectivity index (χ3v) is 14.4. The van der Waals surface area contributed by atoms with E-state index in [0.29, 0.717) is 49.3 Å². The molecule has 3 N–H and O–H groups in total. The van der Waals surface area contributed by atoms with Gasteiger partial charge in [-0.1, -0.05) is 61.4 Å². The molecule has 4 fully saturated rings. The van der Waals surface area contributed by atoms with Crippen LogP contribution in [0.25, 0.3) is 27.8 Å². The van der Waals surface area contributed by atoms with Gasteiger partial charge in [0.05, 0.1) is 23.0 Å². The molecule has 3 saturated carbocycles. The first-order valence-corrected chi connectivity index (χ1v) is 22.9.